The van der Waals surface area contributed by atoms with Crippen LogP contribution in [0.2, 0.25) is 0 Å². The van der Waals surface area contributed by atoms with Crippen LogP contribution in [-0.4, -0.2) is 16.5 Å². The molecule has 0 spiro atoms. The van der Waals surface area contributed by atoms with E-state index in [9.17, 15) is 0 Å². The fourth-order valence-electron chi connectivity index (χ4n) is 1.74. The second-order valence-corrected chi connectivity index (χ2v) is 4.94. The molecule has 0 aliphatic heterocycles. The third kappa shape index (κ3) is 3.34. The minimum absolute atomic E-state index is 0.373. The van der Waals surface area contributed by atoms with Crippen LogP contribution in [0.1, 0.15) is 57.5 Å². The van der Waals surface area contributed by atoms with Crippen molar-refractivity contribution >= 4 is 0 Å². The van der Waals surface area contributed by atoms with Gasteiger partial charge in [0.05, 0.1) is 0 Å². The first-order valence-corrected chi connectivity index (χ1v) is 5.79. The summed E-state index contributed by atoms with van der Waals surface area (Å²) in [6.07, 6.45) is 3.03. The zero-order chi connectivity index (χ0) is 11.4. The van der Waals surface area contributed by atoms with Gasteiger partial charge in [-0.1, -0.05) is 27.7 Å². The normalized spacial score (nSPS) is 13.8. The van der Waals surface area contributed by atoms with E-state index < -0.39 is 0 Å². The van der Waals surface area contributed by atoms with E-state index in [1.54, 1.807) is 0 Å². The summed E-state index contributed by atoms with van der Waals surface area (Å²) in [7, 11) is 0. The Morgan fingerprint density at radius 2 is 2.00 bits per heavy atom. The Kier molecular flexibility index (Phi) is 4.33. The number of imidazole rings is 1. The summed E-state index contributed by atoms with van der Waals surface area (Å²) in [5.74, 6) is 2.59. The van der Waals surface area contributed by atoms with Crippen molar-refractivity contribution in [1.82, 2.24) is 9.97 Å². The van der Waals surface area contributed by atoms with E-state index in [1.807, 2.05) is 6.20 Å². The molecule has 1 aromatic rings. The molecule has 0 radical (unpaired) electrons. The minimum Gasteiger partial charge on any atom is -0.345 e. The van der Waals surface area contributed by atoms with Crippen molar-refractivity contribution in [3.8, 4) is 0 Å². The van der Waals surface area contributed by atoms with Gasteiger partial charge in [0.25, 0.3) is 0 Å². The highest BCUT2D eigenvalue weighted by molar-refractivity contribution is 5.09. The Morgan fingerprint density at radius 1 is 1.33 bits per heavy atom. The molecule has 0 saturated heterocycles. The van der Waals surface area contributed by atoms with Gasteiger partial charge >= 0.3 is 0 Å². The molecule has 86 valence electrons. The summed E-state index contributed by atoms with van der Waals surface area (Å²) in [5, 5.41) is 0. The lowest BCUT2D eigenvalue weighted by molar-refractivity contribution is 0.489. The van der Waals surface area contributed by atoms with E-state index >= 15 is 0 Å². The predicted molar refractivity (Wildman–Crippen MR) is 63.9 cm³/mol. The van der Waals surface area contributed by atoms with E-state index in [1.165, 1.54) is 5.69 Å². The summed E-state index contributed by atoms with van der Waals surface area (Å²) >= 11 is 0. The fraction of sp³-hybridized carbons (Fsp3) is 0.750. The summed E-state index contributed by atoms with van der Waals surface area (Å²) in [4.78, 5) is 7.80. The summed E-state index contributed by atoms with van der Waals surface area (Å²) in [6.45, 7) is 9.43. The van der Waals surface area contributed by atoms with Crippen LogP contribution in [0.4, 0.5) is 0 Å². The average Bonchev–Trinajstić information content (AvgIpc) is 2.62. The molecule has 3 N–H and O–H groups in total. The third-order valence-corrected chi connectivity index (χ3v) is 2.66. The lowest BCUT2D eigenvalue weighted by Crippen LogP contribution is -2.16. The summed E-state index contributed by atoms with van der Waals surface area (Å²) in [5.41, 5.74) is 6.98. The van der Waals surface area contributed by atoms with E-state index in [4.69, 9.17) is 5.73 Å². The van der Waals surface area contributed by atoms with Crippen LogP contribution in [0, 0.1) is 5.92 Å². The van der Waals surface area contributed by atoms with Crippen molar-refractivity contribution in [1.29, 1.82) is 0 Å². The number of nitrogens with zero attached hydrogens (tertiary/aromatic N) is 1. The molecular formula is C12H23N3. The van der Waals surface area contributed by atoms with Gasteiger partial charge in [-0.3, -0.25) is 0 Å². The molecular weight excluding hydrogens is 186 g/mol. The number of hydrogen-bond acceptors (Lipinski definition) is 2. The number of aromatic nitrogens is 2. The quantitative estimate of drug-likeness (QED) is 0.783. The third-order valence-electron chi connectivity index (χ3n) is 2.66. The second-order valence-electron chi connectivity index (χ2n) is 4.94. The predicted octanol–water partition coefficient (Wildman–Crippen LogP) is 2.62. The van der Waals surface area contributed by atoms with Crippen LogP contribution >= 0.6 is 0 Å². The minimum atomic E-state index is 0.373. The first-order chi connectivity index (χ1) is 7.04. The molecule has 3 heteroatoms. The lowest BCUT2D eigenvalue weighted by Gasteiger charge is -2.14. The molecule has 15 heavy (non-hydrogen) atoms. The van der Waals surface area contributed by atoms with Gasteiger partial charge in [0.1, 0.15) is 5.82 Å². The molecule has 0 aliphatic rings. The lowest BCUT2D eigenvalue weighted by atomic mass is 9.97. The number of rotatable bonds is 5. The number of H-pyrrole nitrogens is 1. The molecule has 0 bridgehead atoms. The van der Waals surface area contributed by atoms with Crippen LogP contribution in [0.3, 0.4) is 0 Å². The van der Waals surface area contributed by atoms with Crippen LogP contribution in [0.25, 0.3) is 0 Å². The molecule has 0 aromatic carbocycles. The van der Waals surface area contributed by atoms with Gasteiger partial charge in [0.15, 0.2) is 0 Å². The largest absolute Gasteiger partial charge is 0.345 e. The number of nitrogens with two attached hydrogens (primary N) is 1. The SMILES string of the molecule is CC(C)CC(CN)c1ncc(C(C)C)[nH]1. The molecule has 1 atom stereocenters. The second kappa shape index (κ2) is 5.31. The van der Waals surface area contributed by atoms with Gasteiger partial charge in [-0.15, -0.1) is 0 Å². The molecule has 1 heterocycles. The number of nitrogens with one attached hydrogen (secondary N) is 1. The fourth-order valence-corrected chi connectivity index (χ4v) is 1.74. The van der Waals surface area contributed by atoms with Gasteiger partial charge in [-0.25, -0.2) is 4.98 Å². The number of aromatic amines is 1. The smallest absolute Gasteiger partial charge is 0.110 e. The van der Waals surface area contributed by atoms with E-state index in [0.29, 0.717) is 24.3 Å². The van der Waals surface area contributed by atoms with E-state index in [2.05, 4.69) is 37.7 Å². The first-order valence-electron chi connectivity index (χ1n) is 5.79. The Labute approximate surface area is 92.5 Å². The Hall–Kier alpha value is -0.830. The summed E-state index contributed by atoms with van der Waals surface area (Å²) in [6, 6.07) is 0. The highest BCUT2D eigenvalue weighted by Crippen LogP contribution is 2.22. The van der Waals surface area contributed by atoms with Gasteiger partial charge in [-0.2, -0.15) is 0 Å². The average molecular weight is 209 g/mol. The highest BCUT2D eigenvalue weighted by atomic mass is 14.9. The van der Waals surface area contributed by atoms with Crippen molar-refractivity contribution < 1.29 is 0 Å². The van der Waals surface area contributed by atoms with Crippen molar-refractivity contribution in [3.63, 3.8) is 0 Å². The zero-order valence-electron chi connectivity index (χ0n) is 10.2. The molecule has 0 amide bonds. The van der Waals surface area contributed by atoms with Crippen molar-refractivity contribution in [3.05, 3.63) is 17.7 Å². The Bertz CT molecular complexity index is 289. The maximum Gasteiger partial charge on any atom is 0.110 e. The topological polar surface area (TPSA) is 54.7 Å². The van der Waals surface area contributed by atoms with Gasteiger partial charge in [0.2, 0.25) is 0 Å². The van der Waals surface area contributed by atoms with E-state index in [-0.39, 0.29) is 0 Å². The monoisotopic (exact) mass is 209 g/mol. The Balaban J connectivity index is 2.74. The zero-order valence-corrected chi connectivity index (χ0v) is 10.2. The molecule has 0 fully saturated rings. The van der Waals surface area contributed by atoms with Crippen molar-refractivity contribution in [2.24, 2.45) is 11.7 Å². The molecule has 1 aromatic heterocycles. The molecule has 1 rings (SSSR count). The van der Waals surface area contributed by atoms with Gasteiger partial charge in [-0.05, 0) is 18.3 Å². The molecule has 3 nitrogen and oxygen atoms in total. The van der Waals surface area contributed by atoms with Gasteiger partial charge in [0, 0.05) is 24.4 Å². The van der Waals surface area contributed by atoms with Crippen LogP contribution < -0.4 is 5.73 Å². The van der Waals surface area contributed by atoms with Crippen molar-refractivity contribution in [2.45, 2.75) is 46.0 Å². The molecule has 0 aliphatic carbocycles. The molecule has 0 saturated carbocycles. The van der Waals surface area contributed by atoms with Gasteiger partial charge < -0.3 is 10.7 Å². The Morgan fingerprint density at radius 3 is 2.40 bits per heavy atom. The van der Waals surface area contributed by atoms with Crippen LogP contribution in [0.5, 0.6) is 0 Å². The standard InChI is InChI=1S/C12H23N3/c1-8(2)5-10(6-13)12-14-7-11(15-12)9(3)4/h7-10H,5-6,13H2,1-4H3,(H,14,15). The van der Waals surface area contributed by atoms with Crippen molar-refractivity contribution in [2.75, 3.05) is 6.54 Å². The first kappa shape index (κ1) is 12.2. The van der Waals surface area contributed by atoms with Crippen LogP contribution in [0.15, 0.2) is 6.20 Å². The van der Waals surface area contributed by atoms with E-state index in [0.717, 1.165) is 12.2 Å². The van der Waals surface area contributed by atoms with Crippen LogP contribution in [-0.2, 0) is 0 Å². The maximum absolute atomic E-state index is 5.78. The summed E-state index contributed by atoms with van der Waals surface area (Å²) < 4.78 is 0. The highest BCUT2D eigenvalue weighted by Gasteiger charge is 2.15. The number of hydrogen-bond donors (Lipinski definition) is 2. The molecule has 1 unspecified atom stereocenters. The maximum atomic E-state index is 5.78.